The van der Waals surface area contributed by atoms with Crippen LogP contribution < -0.4 is 0 Å². The van der Waals surface area contributed by atoms with Gasteiger partial charge in [-0.25, -0.2) is 0 Å². The molecule has 3 nitrogen and oxygen atoms in total. The number of halogens is 1. The molecule has 2 atom stereocenters. The summed E-state index contributed by atoms with van der Waals surface area (Å²) in [7, 11) is 1.84. The molecule has 2 rings (SSSR count). The Bertz CT molecular complexity index is 416. The van der Waals surface area contributed by atoms with E-state index < -0.39 is 5.60 Å². The second-order valence-electron chi connectivity index (χ2n) is 5.41. The fourth-order valence-corrected chi connectivity index (χ4v) is 3.08. The molecule has 1 heterocycles. The van der Waals surface area contributed by atoms with E-state index in [1.54, 1.807) is 4.68 Å². The van der Waals surface area contributed by atoms with E-state index in [4.69, 9.17) is 11.6 Å². The van der Waals surface area contributed by atoms with Crippen LogP contribution in [0.15, 0.2) is 0 Å². The molecule has 0 saturated heterocycles. The van der Waals surface area contributed by atoms with E-state index in [0.717, 1.165) is 30.5 Å². The van der Waals surface area contributed by atoms with Gasteiger partial charge in [-0.2, -0.15) is 5.10 Å². The predicted octanol–water partition coefficient (Wildman–Crippen LogP) is 2.87. The number of hydrogen-bond donors (Lipinski definition) is 1. The van der Waals surface area contributed by atoms with Gasteiger partial charge in [0.1, 0.15) is 5.15 Å². The minimum atomic E-state index is -0.602. The van der Waals surface area contributed by atoms with Crippen LogP contribution in [0.5, 0.6) is 0 Å². The van der Waals surface area contributed by atoms with Crippen LogP contribution in [0.2, 0.25) is 5.15 Å². The van der Waals surface area contributed by atoms with Crippen LogP contribution in [0.25, 0.3) is 0 Å². The highest BCUT2D eigenvalue weighted by atomic mass is 35.5. The van der Waals surface area contributed by atoms with Crippen molar-refractivity contribution in [3.8, 4) is 0 Å². The summed E-state index contributed by atoms with van der Waals surface area (Å²) >= 11 is 6.23. The molecule has 1 saturated carbocycles. The minimum absolute atomic E-state index is 0.340. The molecule has 1 fully saturated rings. The van der Waals surface area contributed by atoms with Crippen LogP contribution in [0.1, 0.15) is 43.9 Å². The number of hydrogen-bond acceptors (Lipinski definition) is 2. The second-order valence-corrected chi connectivity index (χ2v) is 5.76. The summed E-state index contributed by atoms with van der Waals surface area (Å²) in [5, 5.41) is 15.7. The van der Waals surface area contributed by atoms with E-state index in [9.17, 15) is 5.11 Å². The topological polar surface area (TPSA) is 38.0 Å². The Labute approximate surface area is 108 Å². The molecule has 17 heavy (non-hydrogen) atoms. The molecular formula is C13H21ClN2O. The molecule has 0 bridgehead atoms. The van der Waals surface area contributed by atoms with Crippen molar-refractivity contribution < 1.29 is 5.11 Å². The van der Waals surface area contributed by atoms with Gasteiger partial charge in [0.25, 0.3) is 0 Å². The van der Waals surface area contributed by atoms with Crippen LogP contribution in [0.3, 0.4) is 0 Å². The zero-order valence-electron chi connectivity index (χ0n) is 10.8. The molecule has 1 aliphatic rings. The molecule has 2 unspecified atom stereocenters. The number of aryl methyl sites for hydroxylation is 2. The number of aliphatic hydroxyl groups is 1. The normalized spacial score (nSPS) is 29.6. The Morgan fingerprint density at radius 3 is 2.76 bits per heavy atom. The van der Waals surface area contributed by atoms with E-state index in [1.807, 2.05) is 14.0 Å². The zero-order chi connectivity index (χ0) is 12.6. The molecular weight excluding hydrogens is 236 g/mol. The van der Waals surface area contributed by atoms with E-state index in [0.29, 0.717) is 17.5 Å². The van der Waals surface area contributed by atoms with Crippen molar-refractivity contribution in [2.45, 2.75) is 51.6 Å². The first kappa shape index (κ1) is 12.9. The van der Waals surface area contributed by atoms with Crippen molar-refractivity contribution in [1.29, 1.82) is 0 Å². The van der Waals surface area contributed by atoms with Gasteiger partial charge >= 0.3 is 0 Å². The summed E-state index contributed by atoms with van der Waals surface area (Å²) in [6.07, 6.45) is 4.94. The standard InChI is InChI=1S/C13H21ClN2O/c1-9-6-4-5-7-13(9,17)8-11-10(2)15-16(3)12(11)14/h9,17H,4-8H2,1-3H3. The van der Waals surface area contributed by atoms with Crippen LogP contribution in [0.4, 0.5) is 0 Å². The number of nitrogens with zero attached hydrogens (tertiary/aromatic N) is 2. The van der Waals surface area contributed by atoms with Crippen LogP contribution in [0, 0.1) is 12.8 Å². The third kappa shape index (κ3) is 2.36. The van der Waals surface area contributed by atoms with Crippen molar-refractivity contribution in [1.82, 2.24) is 9.78 Å². The Morgan fingerprint density at radius 2 is 2.24 bits per heavy atom. The van der Waals surface area contributed by atoms with Crippen LogP contribution in [-0.4, -0.2) is 20.5 Å². The molecule has 0 amide bonds. The average Bonchev–Trinajstić information content (AvgIpc) is 2.50. The van der Waals surface area contributed by atoms with E-state index in [-0.39, 0.29) is 0 Å². The SMILES string of the molecule is Cc1nn(C)c(Cl)c1CC1(O)CCCCC1C. The quantitative estimate of drug-likeness (QED) is 0.884. The molecule has 1 aromatic rings. The maximum absolute atomic E-state index is 10.8. The van der Waals surface area contributed by atoms with E-state index in [1.165, 1.54) is 6.42 Å². The molecule has 0 spiro atoms. The highest BCUT2D eigenvalue weighted by molar-refractivity contribution is 6.30. The van der Waals surface area contributed by atoms with Gasteiger partial charge < -0.3 is 5.11 Å². The second kappa shape index (κ2) is 4.62. The minimum Gasteiger partial charge on any atom is -0.389 e. The van der Waals surface area contributed by atoms with Gasteiger partial charge in [-0.3, -0.25) is 4.68 Å². The zero-order valence-corrected chi connectivity index (χ0v) is 11.6. The monoisotopic (exact) mass is 256 g/mol. The summed E-state index contributed by atoms with van der Waals surface area (Å²) in [6.45, 7) is 4.09. The first-order chi connectivity index (χ1) is 7.94. The summed E-state index contributed by atoms with van der Waals surface area (Å²) < 4.78 is 1.68. The van der Waals surface area contributed by atoms with Crippen molar-refractivity contribution in [2.24, 2.45) is 13.0 Å². The summed E-state index contributed by atoms with van der Waals surface area (Å²) in [6, 6.07) is 0. The third-order valence-electron chi connectivity index (χ3n) is 4.17. The lowest BCUT2D eigenvalue weighted by Crippen LogP contribution is -2.41. The first-order valence-electron chi connectivity index (χ1n) is 6.34. The lowest BCUT2D eigenvalue weighted by atomic mass is 9.73. The predicted molar refractivity (Wildman–Crippen MR) is 69.2 cm³/mol. The number of rotatable bonds is 2. The van der Waals surface area contributed by atoms with Gasteiger partial charge in [-0.15, -0.1) is 0 Å². The molecule has 1 N–H and O–H groups in total. The van der Waals surface area contributed by atoms with Crippen molar-refractivity contribution in [3.05, 3.63) is 16.4 Å². The van der Waals surface area contributed by atoms with Gasteiger partial charge in [0.2, 0.25) is 0 Å². The maximum Gasteiger partial charge on any atom is 0.130 e. The van der Waals surface area contributed by atoms with Crippen LogP contribution >= 0.6 is 11.6 Å². The maximum atomic E-state index is 10.8. The Balaban J connectivity index is 2.24. The molecule has 96 valence electrons. The van der Waals surface area contributed by atoms with Crippen molar-refractivity contribution in [2.75, 3.05) is 0 Å². The smallest absolute Gasteiger partial charge is 0.130 e. The fourth-order valence-electron chi connectivity index (χ4n) is 2.84. The third-order valence-corrected chi connectivity index (χ3v) is 4.64. The van der Waals surface area contributed by atoms with Gasteiger partial charge in [-0.05, 0) is 25.7 Å². The summed E-state index contributed by atoms with van der Waals surface area (Å²) in [4.78, 5) is 0. The van der Waals surface area contributed by atoms with Crippen molar-refractivity contribution >= 4 is 11.6 Å². The highest BCUT2D eigenvalue weighted by Crippen LogP contribution is 2.37. The summed E-state index contributed by atoms with van der Waals surface area (Å²) in [5.41, 5.74) is 1.34. The van der Waals surface area contributed by atoms with Crippen molar-refractivity contribution in [3.63, 3.8) is 0 Å². The van der Waals surface area contributed by atoms with Gasteiger partial charge in [0, 0.05) is 19.0 Å². The van der Waals surface area contributed by atoms with E-state index >= 15 is 0 Å². The molecule has 0 radical (unpaired) electrons. The molecule has 1 aliphatic carbocycles. The Kier molecular flexibility index (Phi) is 3.50. The highest BCUT2D eigenvalue weighted by Gasteiger charge is 2.37. The first-order valence-corrected chi connectivity index (χ1v) is 6.72. The summed E-state index contributed by atoms with van der Waals surface area (Å²) in [5.74, 6) is 0.340. The van der Waals surface area contributed by atoms with Gasteiger partial charge in [0.05, 0.1) is 11.3 Å². The molecule has 4 heteroatoms. The van der Waals surface area contributed by atoms with E-state index in [2.05, 4.69) is 12.0 Å². The lowest BCUT2D eigenvalue weighted by Gasteiger charge is -2.38. The Hall–Kier alpha value is -0.540. The fraction of sp³-hybridized carbons (Fsp3) is 0.769. The lowest BCUT2D eigenvalue weighted by molar-refractivity contribution is -0.0406. The largest absolute Gasteiger partial charge is 0.389 e. The Morgan fingerprint density at radius 1 is 1.53 bits per heavy atom. The molecule has 0 aliphatic heterocycles. The molecule has 1 aromatic heterocycles. The average molecular weight is 257 g/mol. The van der Waals surface area contributed by atoms with Gasteiger partial charge in [0.15, 0.2) is 0 Å². The van der Waals surface area contributed by atoms with Gasteiger partial charge in [-0.1, -0.05) is 31.4 Å². The van der Waals surface area contributed by atoms with Crippen LogP contribution in [-0.2, 0) is 13.5 Å². The number of aromatic nitrogens is 2. The molecule has 0 aromatic carbocycles.